The number of hydrogen-bond donors (Lipinski definition) is 1. The van der Waals surface area contributed by atoms with Crippen molar-refractivity contribution in [3.63, 3.8) is 0 Å². The maximum absolute atomic E-state index is 13.5. The zero-order valence-corrected chi connectivity index (χ0v) is 20.2. The Morgan fingerprint density at radius 1 is 1.06 bits per heavy atom. The summed E-state index contributed by atoms with van der Waals surface area (Å²) < 4.78 is 18.8. The Kier molecular flexibility index (Phi) is 8.18. The molecule has 0 bridgehead atoms. The van der Waals surface area contributed by atoms with E-state index in [0.717, 1.165) is 47.9 Å². The Balaban J connectivity index is 0.000000169. The summed E-state index contributed by atoms with van der Waals surface area (Å²) in [6.45, 7) is 10.4. The second-order valence-electron chi connectivity index (χ2n) is 8.15. The number of phenols is 1. The van der Waals surface area contributed by atoms with Crippen molar-refractivity contribution in [1.29, 1.82) is 0 Å². The second-order valence-corrected chi connectivity index (χ2v) is 8.99. The van der Waals surface area contributed by atoms with Crippen LogP contribution in [0.25, 0.3) is 11.1 Å². The minimum atomic E-state index is -0.210. The monoisotopic (exact) mass is 457 g/mol. The summed E-state index contributed by atoms with van der Waals surface area (Å²) >= 11 is 1.39. The first-order chi connectivity index (χ1) is 15.4. The number of aromatic hydroxyl groups is 1. The van der Waals surface area contributed by atoms with E-state index in [0.29, 0.717) is 10.8 Å². The number of nitrogens with zero attached hydrogens (tertiary/aromatic N) is 3. The minimum Gasteiger partial charge on any atom is -0.508 e. The van der Waals surface area contributed by atoms with Gasteiger partial charge in [0, 0.05) is 23.9 Å². The zero-order chi connectivity index (χ0) is 23.3. The lowest BCUT2D eigenvalue weighted by Crippen LogP contribution is -2.22. The molecule has 2 atom stereocenters. The van der Waals surface area contributed by atoms with Gasteiger partial charge < -0.3 is 14.5 Å². The van der Waals surface area contributed by atoms with E-state index in [1.54, 1.807) is 30.3 Å². The van der Waals surface area contributed by atoms with E-state index < -0.39 is 0 Å². The molecule has 2 aromatic carbocycles. The van der Waals surface area contributed by atoms with Gasteiger partial charge in [-0.05, 0) is 59.9 Å². The molecule has 5 rings (SSSR count). The molecular formula is C25H32FN3O2S. The summed E-state index contributed by atoms with van der Waals surface area (Å²) in [4.78, 5) is 7.26. The number of fused-ring (bicyclic) bond motifs is 1. The van der Waals surface area contributed by atoms with Crippen LogP contribution in [0, 0.1) is 17.7 Å². The Hall–Kier alpha value is -2.54. The van der Waals surface area contributed by atoms with Crippen LogP contribution in [0.4, 0.5) is 10.4 Å². The highest BCUT2D eigenvalue weighted by Crippen LogP contribution is 2.45. The molecule has 2 aliphatic rings. The number of piperidine rings is 1. The van der Waals surface area contributed by atoms with Crippen LogP contribution >= 0.6 is 11.8 Å². The first-order valence-corrected chi connectivity index (χ1v) is 12.4. The molecule has 5 nitrogen and oxygen atoms in total. The third-order valence-electron chi connectivity index (χ3n) is 5.55. The van der Waals surface area contributed by atoms with Gasteiger partial charge in [-0.15, -0.1) is 11.8 Å². The number of rotatable bonds is 4. The van der Waals surface area contributed by atoms with Crippen LogP contribution in [0.1, 0.15) is 45.9 Å². The highest BCUT2D eigenvalue weighted by molar-refractivity contribution is 7.98. The van der Waals surface area contributed by atoms with Crippen molar-refractivity contribution in [2.24, 2.45) is 11.8 Å². The van der Waals surface area contributed by atoms with Crippen LogP contribution in [0.5, 0.6) is 5.75 Å². The van der Waals surface area contributed by atoms with Gasteiger partial charge in [-0.2, -0.15) is 4.98 Å². The largest absolute Gasteiger partial charge is 0.508 e. The maximum atomic E-state index is 13.5. The second kappa shape index (κ2) is 10.9. The van der Waals surface area contributed by atoms with Gasteiger partial charge in [0.25, 0.3) is 0 Å². The Bertz CT molecular complexity index is 997. The Morgan fingerprint density at radius 3 is 2.22 bits per heavy atom. The van der Waals surface area contributed by atoms with Gasteiger partial charge in [-0.25, -0.2) is 4.39 Å². The highest BCUT2D eigenvalue weighted by atomic mass is 32.2. The quantitative estimate of drug-likeness (QED) is 0.446. The number of halogens is 1. The van der Waals surface area contributed by atoms with Crippen LogP contribution in [0.3, 0.4) is 0 Å². The van der Waals surface area contributed by atoms with Gasteiger partial charge >= 0.3 is 6.01 Å². The van der Waals surface area contributed by atoms with Crippen molar-refractivity contribution in [2.75, 3.05) is 24.2 Å². The summed E-state index contributed by atoms with van der Waals surface area (Å²) in [5, 5.41) is 13.1. The van der Waals surface area contributed by atoms with E-state index in [2.05, 4.69) is 28.9 Å². The fraction of sp³-hybridized carbons (Fsp3) is 0.440. The molecule has 0 spiro atoms. The first-order valence-electron chi connectivity index (χ1n) is 11.2. The van der Waals surface area contributed by atoms with Crippen molar-refractivity contribution in [2.45, 2.75) is 44.9 Å². The molecule has 0 radical (unpaired) electrons. The number of aromatic nitrogens is 2. The summed E-state index contributed by atoms with van der Waals surface area (Å²) in [6.07, 6.45) is 3.25. The highest BCUT2D eigenvalue weighted by Gasteiger charge is 2.46. The van der Waals surface area contributed by atoms with E-state index in [-0.39, 0.29) is 11.6 Å². The molecule has 172 valence electrons. The van der Waals surface area contributed by atoms with Crippen LogP contribution in [-0.2, 0) is 0 Å². The summed E-state index contributed by atoms with van der Waals surface area (Å²) in [7, 11) is 0. The smallest absolute Gasteiger partial charge is 0.324 e. The first kappa shape index (κ1) is 24.1. The minimum absolute atomic E-state index is 0.210. The lowest BCUT2D eigenvalue weighted by atomic mass is 10.1. The van der Waals surface area contributed by atoms with Gasteiger partial charge in [0.1, 0.15) is 11.6 Å². The molecule has 32 heavy (non-hydrogen) atoms. The van der Waals surface area contributed by atoms with Crippen molar-refractivity contribution in [3.8, 4) is 16.9 Å². The van der Waals surface area contributed by atoms with Crippen molar-refractivity contribution in [1.82, 2.24) is 10.1 Å². The molecule has 1 saturated carbocycles. The SMILES string of the molecule is CC.CC(C)c1noc(N2CC3CC3C2)n1.CSc1ccc(-c2ccc(O)cc2)cc1F. The number of hydrogen-bond acceptors (Lipinski definition) is 6. The van der Waals surface area contributed by atoms with Crippen LogP contribution in [-0.4, -0.2) is 34.6 Å². The summed E-state index contributed by atoms with van der Waals surface area (Å²) in [5.41, 5.74) is 1.71. The fourth-order valence-electron chi connectivity index (χ4n) is 3.64. The van der Waals surface area contributed by atoms with E-state index in [4.69, 9.17) is 9.63 Å². The third kappa shape index (κ3) is 5.82. The molecule has 1 N–H and O–H groups in total. The van der Waals surface area contributed by atoms with Gasteiger partial charge in [-0.1, -0.05) is 51.1 Å². The number of phenolic OH excluding ortho intramolecular Hbond substituents is 1. The summed E-state index contributed by atoms with van der Waals surface area (Å²) in [5.74, 6) is 2.99. The van der Waals surface area contributed by atoms with Crippen molar-refractivity contribution < 1.29 is 14.0 Å². The molecule has 2 unspecified atom stereocenters. The van der Waals surface area contributed by atoms with Crippen molar-refractivity contribution in [3.05, 3.63) is 54.1 Å². The van der Waals surface area contributed by atoms with Crippen LogP contribution < -0.4 is 4.90 Å². The van der Waals surface area contributed by atoms with Gasteiger partial charge in [0.15, 0.2) is 5.82 Å². The lowest BCUT2D eigenvalue weighted by molar-refractivity contribution is 0.405. The molecule has 2 heterocycles. The van der Waals surface area contributed by atoms with Gasteiger partial charge in [-0.3, -0.25) is 0 Å². The van der Waals surface area contributed by atoms with Crippen molar-refractivity contribution >= 4 is 17.8 Å². The standard InChI is InChI=1S/C13H11FOS.C10H15N3O.C2H6/c1-16-13-7-4-10(8-12(13)14)9-2-5-11(15)6-3-9;1-6(2)9-11-10(14-12-9)13-4-7-3-8(7)5-13;1-2/h2-8,15H,1H3;6-8H,3-5H2,1-2H3;1-2H3. The Labute approximate surface area is 194 Å². The fourth-order valence-corrected chi connectivity index (χ4v) is 4.10. The molecule has 7 heteroatoms. The van der Waals surface area contributed by atoms with E-state index in [9.17, 15) is 4.39 Å². The molecule has 0 amide bonds. The molecule has 1 saturated heterocycles. The average molecular weight is 458 g/mol. The normalized spacial score (nSPS) is 18.4. The van der Waals surface area contributed by atoms with E-state index >= 15 is 0 Å². The zero-order valence-electron chi connectivity index (χ0n) is 19.4. The van der Waals surface area contributed by atoms with Gasteiger partial charge in [0.05, 0.1) is 0 Å². The topological polar surface area (TPSA) is 62.4 Å². The van der Waals surface area contributed by atoms with E-state index in [1.165, 1.54) is 24.2 Å². The number of anilines is 1. The molecule has 2 fully saturated rings. The van der Waals surface area contributed by atoms with E-state index in [1.807, 2.05) is 26.2 Å². The predicted octanol–water partition coefficient (Wildman–Crippen LogP) is 6.60. The Morgan fingerprint density at radius 2 is 1.69 bits per heavy atom. The predicted molar refractivity (Wildman–Crippen MR) is 129 cm³/mol. The molecule has 1 aliphatic heterocycles. The molecule has 1 aliphatic carbocycles. The lowest BCUT2D eigenvalue weighted by Gasteiger charge is -2.13. The average Bonchev–Trinajstić information content (AvgIpc) is 3.19. The van der Waals surface area contributed by atoms with Gasteiger partial charge in [0.2, 0.25) is 0 Å². The summed E-state index contributed by atoms with van der Waals surface area (Å²) in [6, 6.07) is 12.6. The number of thioether (sulfide) groups is 1. The maximum Gasteiger partial charge on any atom is 0.324 e. The van der Waals surface area contributed by atoms with Crippen LogP contribution in [0.2, 0.25) is 0 Å². The molecular weight excluding hydrogens is 425 g/mol. The number of benzene rings is 2. The third-order valence-corrected chi connectivity index (χ3v) is 6.32. The molecule has 1 aromatic heterocycles. The molecule has 3 aromatic rings. The van der Waals surface area contributed by atoms with Crippen LogP contribution in [0.15, 0.2) is 51.9 Å².